The summed E-state index contributed by atoms with van der Waals surface area (Å²) in [4.78, 5) is 35.1. The van der Waals surface area contributed by atoms with Gasteiger partial charge in [-0.05, 0) is 65.7 Å². The Morgan fingerprint density at radius 2 is 1.59 bits per heavy atom. The minimum Gasteiger partial charge on any atom is -0.497 e. The number of guanidine groups is 1. The zero-order chi connectivity index (χ0) is 25.7. The van der Waals surface area contributed by atoms with Crippen LogP contribution >= 0.6 is 0 Å². The molecule has 0 radical (unpaired) electrons. The molecule has 2 N–H and O–H groups in total. The molecule has 9 nitrogen and oxygen atoms in total. The van der Waals surface area contributed by atoms with Crippen LogP contribution in [0.1, 0.15) is 54.0 Å². The number of rotatable bonds is 4. The van der Waals surface area contributed by atoms with E-state index in [2.05, 4.69) is 9.98 Å². The average molecular weight is 471 g/mol. The van der Waals surface area contributed by atoms with Crippen molar-refractivity contribution in [3.63, 3.8) is 0 Å². The topological polar surface area (TPSA) is 116 Å². The highest BCUT2D eigenvalue weighted by Crippen LogP contribution is 2.29. The van der Waals surface area contributed by atoms with Crippen molar-refractivity contribution in [2.45, 2.75) is 66.1 Å². The fraction of sp³-hybridized carbons (Fsp3) is 0.440. The van der Waals surface area contributed by atoms with E-state index in [0.717, 1.165) is 11.1 Å². The van der Waals surface area contributed by atoms with Crippen LogP contribution in [0.3, 0.4) is 0 Å². The van der Waals surface area contributed by atoms with Crippen molar-refractivity contribution in [1.29, 1.82) is 0 Å². The molecular formula is C25H34N4O5. The quantitative estimate of drug-likeness (QED) is 0.467. The number of aryl methyl sites for hydroxylation is 1. The summed E-state index contributed by atoms with van der Waals surface area (Å²) < 4.78 is 16.0. The van der Waals surface area contributed by atoms with Gasteiger partial charge in [0.05, 0.1) is 18.5 Å². The molecule has 0 saturated heterocycles. The van der Waals surface area contributed by atoms with Crippen LogP contribution in [-0.4, -0.2) is 46.3 Å². The molecule has 9 heteroatoms. The lowest BCUT2D eigenvalue weighted by atomic mass is 10.0. The molecule has 0 atom stereocenters. The molecule has 2 aromatic rings. The molecule has 0 saturated carbocycles. The Balaban J connectivity index is 2.54. The first-order valence-electron chi connectivity index (χ1n) is 11.0. The molecule has 0 spiro atoms. The van der Waals surface area contributed by atoms with Gasteiger partial charge in [0.15, 0.2) is 0 Å². The maximum Gasteiger partial charge on any atom is 0.427 e. The van der Waals surface area contributed by atoms with Crippen LogP contribution in [0.5, 0.6) is 5.75 Å². The molecule has 184 valence electrons. The van der Waals surface area contributed by atoms with Gasteiger partial charge in [-0.25, -0.2) is 14.6 Å². The Bertz CT molecular complexity index is 1040. The summed E-state index contributed by atoms with van der Waals surface area (Å²) in [6.07, 6.45) is 0.335. The fourth-order valence-electron chi connectivity index (χ4n) is 2.87. The second-order valence-corrected chi connectivity index (χ2v) is 9.54. The largest absolute Gasteiger partial charge is 0.497 e. The fourth-order valence-corrected chi connectivity index (χ4v) is 2.87. The summed E-state index contributed by atoms with van der Waals surface area (Å²) in [6.45, 7) is 12.1. The number of methoxy groups -OCH3 is 1. The first-order chi connectivity index (χ1) is 15.7. The molecule has 0 bridgehead atoms. The Morgan fingerprint density at radius 3 is 2.09 bits per heavy atom. The third kappa shape index (κ3) is 7.47. The van der Waals surface area contributed by atoms with Gasteiger partial charge in [0.2, 0.25) is 5.96 Å². The summed E-state index contributed by atoms with van der Waals surface area (Å²) in [5, 5.41) is 0. The van der Waals surface area contributed by atoms with Crippen LogP contribution in [-0.2, 0) is 15.9 Å². The number of nitrogens with zero attached hydrogens (tertiary/aromatic N) is 3. The normalized spacial score (nSPS) is 12.2. The van der Waals surface area contributed by atoms with E-state index in [9.17, 15) is 9.59 Å². The number of benzene rings is 1. The maximum atomic E-state index is 12.8. The van der Waals surface area contributed by atoms with Crippen LogP contribution < -0.4 is 10.5 Å². The molecule has 0 aliphatic carbocycles. The number of hydrogen-bond acceptors (Lipinski definition) is 7. The Morgan fingerprint density at radius 1 is 1.00 bits per heavy atom. The van der Waals surface area contributed by atoms with E-state index >= 15 is 0 Å². The lowest BCUT2D eigenvalue weighted by molar-refractivity contribution is 0.0145. The lowest BCUT2D eigenvalue weighted by Crippen LogP contribution is -2.49. The molecule has 34 heavy (non-hydrogen) atoms. The Labute approximate surface area is 200 Å². The van der Waals surface area contributed by atoms with Gasteiger partial charge >= 0.3 is 12.2 Å². The van der Waals surface area contributed by atoms with Gasteiger partial charge in [0.1, 0.15) is 17.0 Å². The number of amides is 2. The number of carbonyl (C=O) groups excluding carboxylic acids is 2. The number of nitrogens with two attached hydrogens (primary N) is 1. The number of hydrogen-bond donors (Lipinski definition) is 1. The molecule has 1 aromatic carbocycles. The number of aliphatic imine (C=N–C) groups is 1. The molecule has 0 aliphatic rings. The van der Waals surface area contributed by atoms with Crippen molar-refractivity contribution >= 4 is 23.8 Å². The van der Waals surface area contributed by atoms with Crippen LogP contribution in [0.25, 0.3) is 11.3 Å². The van der Waals surface area contributed by atoms with Crippen molar-refractivity contribution in [2.75, 3.05) is 7.11 Å². The van der Waals surface area contributed by atoms with E-state index in [1.807, 2.05) is 19.1 Å². The minimum atomic E-state index is -0.980. The number of ether oxygens (including phenoxy) is 3. The predicted octanol–water partition coefficient (Wildman–Crippen LogP) is 5.44. The van der Waals surface area contributed by atoms with Crippen molar-refractivity contribution < 1.29 is 23.8 Å². The van der Waals surface area contributed by atoms with E-state index in [0.29, 0.717) is 28.5 Å². The number of carbonyl (C=O) groups is 2. The van der Waals surface area contributed by atoms with Crippen LogP contribution in [0.4, 0.5) is 15.3 Å². The van der Waals surface area contributed by atoms with Crippen molar-refractivity contribution in [2.24, 2.45) is 10.7 Å². The second-order valence-electron chi connectivity index (χ2n) is 9.54. The van der Waals surface area contributed by atoms with E-state index < -0.39 is 23.4 Å². The van der Waals surface area contributed by atoms with Gasteiger partial charge in [0.25, 0.3) is 0 Å². The summed E-state index contributed by atoms with van der Waals surface area (Å²) in [5.74, 6) is 0.295. The molecule has 2 amide bonds. The zero-order valence-electron chi connectivity index (χ0n) is 21.1. The lowest BCUT2D eigenvalue weighted by Gasteiger charge is -2.28. The predicted molar refractivity (Wildman–Crippen MR) is 131 cm³/mol. The number of imide groups is 1. The SMILES string of the molecule is CCc1ccc(-c2cc(OC)ccn2)cc1/N=C(\N)N(C(=O)OC(C)(C)C)C(=O)OC(C)(C)C. The van der Waals surface area contributed by atoms with Gasteiger partial charge in [-0.15, -0.1) is 4.90 Å². The van der Waals surface area contributed by atoms with Gasteiger partial charge in [-0.1, -0.05) is 19.1 Å². The summed E-state index contributed by atoms with van der Waals surface area (Å²) in [5.41, 5.74) is 7.26. The number of aromatic nitrogens is 1. The van der Waals surface area contributed by atoms with Gasteiger partial charge in [-0.3, -0.25) is 4.98 Å². The maximum absolute atomic E-state index is 12.8. The highest BCUT2D eigenvalue weighted by molar-refractivity contribution is 6.08. The summed E-state index contributed by atoms with van der Waals surface area (Å²) in [6, 6.07) is 9.14. The van der Waals surface area contributed by atoms with Crippen LogP contribution in [0.2, 0.25) is 0 Å². The first-order valence-corrected chi connectivity index (χ1v) is 11.0. The standard InChI is InChI=1S/C25H34N4O5/c1-9-16-10-11-17(19-15-18(32-8)12-13-27-19)14-20(16)28-21(26)29(22(30)33-24(2,3)4)23(31)34-25(5,6)7/h10-15H,9H2,1-8H3,(H2,26,28). The Hall–Kier alpha value is -3.62. The molecular weight excluding hydrogens is 436 g/mol. The van der Waals surface area contributed by atoms with Crippen molar-refractivity contribution in [3.05, 3.63) is 42.1 Å². The minimum absolute atomic E-state index is 0.367. The zero-order valence-corrected chi connectivity index (χ0v) is 21.1. The van der Waals surface area contributed by atoms with E-state index in [1.54, 1.807) is 73.0 Å². The molecule has 0 fully saturated rings. The first kappa shape index (κ1) is 26.6. The molecule has 0 aliphatic heterocycles. The molecule has 1 heterocycles. The average Bonchev–Trinajstić information content (AvgIpc) is 2.71. The van der Waals surface area contributed by atoms with Gasteiger partial charge < -0.3 is 19.9 Å². The van der Waals surface area contributed by atoms with E-state index in [1.165, 1.54) is 0 Å². The van der Waals surface area contributed by atoms with Crippen LogP contribution in [0.15, 0.2) is 41.5 Å². The third-order valence-corrected chi connectivity index (χ3v) is 4.35. The highest BCUT2D eigenvalue weighted by atomic mass is 16.6. The van der Waals surface area contributed by atoms with Crippen molar-refractivity contribution in [3.8, 4) is 17.0 Å². The molecule has 1 aromatic heterocycles. The second kappa shape index (κ2) is 10.5. The molecule has 0 unspecified atom stereocenters. The number of pyridine rings is 1. The smallest absolute Gasteiger partial charge is 0.427 e. The van der Waals surface area contributed by atoms with Gasteiger partial charge in [0, 0.05) is 17.8 Å². The van der Waals surface area contributed by atoms with E-state index in [-0.39, 0.29) is 5.96 Å². The highest BCUT2D eigenvalue weighted by Gasteiger charge is 2.34. The molecule has 2 rings (SSSR count). The summed E-state index contributed by atoms with van der Waals surface area (Å²) >= 11 is 0. The van der Waals surface area contributed by atoms with E-state index in [4.69, 9.17) is 19.9 Å². The summed E-state index contributed by atoms with van der Waals surface area (Å²) in [7, 11) is 1.58. The monoisotopic (exact) mass is 470 g/mol. The third-order valence-electron chi connectivity index (χ3n) is 4.35. The Kier molecular flexibility index (Phi) is 8.26. The van der Waals surface area contributed by atoms with Crippen molar-refractivity contribution in [1.82, 2.24) is 9.88 Å². The van der Waals surface area contributed by atoms with Crippen LogP contribution in [0, 0.1) is 0 Å². The van der Waals surface area contributed by atoms with Gasteiger partial charge in [-0.2, -0.15) is 0 Å².